The number of nitrogens with zero attached hydrogens (tertiary/aromatic N) is 1. The number of benzene rings is 1. The Labute approximate surface area is 163 Å². The number of fused-ring (bicyclic) bond motifs is 5. The molecule has 0 spiro atoms. The average Bonchev–Trinajstić information content (AvgIpc) is 3.19. The van der Waals surface area contributed by atoms with Gasteiger partial charge in [-0.1, -0.05) is 51.1 Å². The number of carbonyl (C=O) groups is 1. The van der Waals surface area contributed by atoms with Crippen molar-refractivity contribution in [1.29, 1.82) is 0 Å². The molecule has 2 aliphatic carbocycles. The van der Waals surface area contributed by atoms with Crippen LogP contribution < -0.4 is 0 Å². The molecule has 4 heteroatoms. The van der Waals surface area contributed by atoms with Crippen LogP contribution in [-0.4, -0.2) is 43.4 Å². The van der Waals surface area contributed by atoms with Crippen molar-refractivity contribution in [2.45, 2.75) is 65.0 Å². The van der Waals surface area contributed by atoms with Gasteiger partial charge in [-0.2, -0.15) is 0 Å². The van der Waals surface area contributed by atoms with Crippen LogP contribution in [0.25, 0.3) is 0 Å². The maximum Gasteiger partial charge on any atom is 0.251 e. The molecular weight excluding hydrogens is 338 g/mol. The Kier molecular flexibility index (Phi) is 4.63. The largest absolute Gasteiger partial charge is 0.349 e. The molecule has 0 radical (unpaired) electrons. The van der Waals surface area contributed by atoms with Gasteiger partial charge < -0.3 is 14.4 Å². The second-order valence-corrected chi connectivity index (χ2v) is 9.72. The summed E-state index contributed by atoms with van der Waals surface area (Å²) >= 11 is 0. The van der Waals surface area contributed by atoms with Gasteiger partial charge in [-0.3, -0.25) is 4.79 Å². The second kappa shape index (κ2) is 6.59. The molecule has 0 unspecified atom stereocenters. The molecule has 1 aromatic rings. The Bertz CT molecular complexity index is 701. The number of amides is 1. The van der Waals surface area contributed by atoms with E-state index in [4.69, 9.17) is 9.47 Å². The third-order valence-corrected chi connectivity index (χ3v) is 7.97. The van der Waals surface area contributed by atoms with Gasteiger partial charge in [0.25, 0.3) is 5.91 Å². The predicted octanol–water partition coefficient (Wildman–Crippen LogP) is 3.89. The summed E-state index contributed by atoms with van der Waals surface area (Å²) in [6.45, 7) is 7.22. The first kappa shape index (κ1) is 18.9. The molecule has 0 N–H and O–H groups in total. The lowest BCUT2D eigenvalue weighted by Crippen LogP contribution is -2.41. The fraction of sp³-hybridized carbons (Fsp3) is 0.696. The third kappa shape index (κ3) is 2.92. The molecule has 1 amide bonds. The Hall–Kier alpha value is -1.39. The van der Waals surface area contributed by atoms with Crippen LogP contribution in [0.3, 0.4) is 0 Å². The maximum absolute atomic E-state index is 12.7. The van der Waals surface area contributed by atoms with E-state index in [2.05, 4.69) is 20.8 Å². The summed E-state index contributed by atoms with van der Waals surface area (Å²) in [5.41, 5.74) is 1.67. The van der Waals surface area contributed by atoms with Crippen LogP contribution >= 0.6 is 0 Å². The molecular formula is C23H33NO3. The number of hydrogen-bond acceptors (Lipinski definition) is 3. The summed E-state index contributed by atoms with van der Waals surface area (Å²) in [7, 11) is 3.58. The van der Waals surface area contributed by atoms with Crippen molar-refractivity contribution in [2.24, 2.45) is 22.7 Å². The van der Waals surface area contributed by atoms with Crippen molar-refractivity contribution in [3.05, 3.63) is 35.9 Å². The van der Waals surface area contributed by atoms with E-state index in [-0.39, 0.29) is 23.7 Å². The van der Waals surface area contributed by atoms with Crippen molar-refractivity contribution in [3.8, 4) is 0 Å². The lowest BCUT2D eigenvalue weighted by molar-refractivity contribution is -0.193. The summed E-state index contributed by atoms with van der Waals surface area (Å²) < 4.78 is 12.8. The highest BCUT2D eigenvalue weighted by Gasteiger charge is 2.69. The van der Waals surface area contributed by atoms with Gasteiger partial charge in [0.1, 0.15) is 6.10 Å². The highest BCUT2D eigenvalue weighted by molar-refractivity contribution is 5.80. The topological polar surface area (TPSA) is 38.8 Å². The van der Waals surface area contributed by atoms with Crippen LogP contribution in [-0.2, 0) is 20.7 Å². The molecule has 1 heterocycles. The summed E-state index contributed by atoms with van der Waals surface area (Å²) in [6, 6.07) is 10.1. The molecule has 4 nitrogen and oxygen atoms in total. The first-order valence-corrected chi connectivity index (χ1v) is 10.3. The van der Waals surface area contributed by atoms with E-state index in [1.165, 1.54) is 12.8 Å². The number of ether oxygens (including phenoxy) is 2. The zero-order valence-electron chi connectivity index (χ0n) is 17.3. The highest BCUT2D eigenvalue weighted by atomic mass is 16.7. The van der Waals surface area contributed by atoms with Crippen LogP contribution in [0, 0.1) is 22.7 Å². The second-order valence-electron chi connectivity index (χ2n) is 9.72. The molecule has 3 aliphatic rings. The Balaban J connectivity index is 1.48. The number of rotatable bonds is 5. The maximum atomic E-state index is 12.7. The van der Waals surface area contributed by atoms with Crippen LogP contribution in [0.4, 0.5) is 0 Å². The van der Waals surface area contributed by atoms with Gasteiger partial charge in [0.2, 0.25) is 0 Å². The molecule has 2 bridgehead atoms. The summed E-state index contributed by atoms with van der Waals surface area (Å²) in [5.74, 6) is 1.28. The lowest BCUT2D eigenvalue weighted by Gasteiger charge is -2.39. The van der Waals surface area contributed by atoms with E-state index < -0.39 is 6.10 Å². The van der Waals surface area contributed by atoms with Crippen LogP contribution in [0.5, 0.6) is 0 Å². The molecule has 3 fully saturated rings. The minimum absolute atomic E-state index is 0.00836. The molecule has 0 aromatic heterocycles. The quantitative estimate of drug-likeness (QED) is 0.788. The molecule has 27 heavy (non-hydrogen) atoms. The van der Waals surface area contributed by atoms with Crippen molar-refractivity contribution >= 4 is 5.91 Å². The average molecular weight is 372 g/mol. The molecule has 4 rings (SSSR count). The van der Waals surface area contributed by atoms with E-state index in [0.29, 0.717) is 23.7 Å². The van der Waals surface area contributed by atoms with Crippen LogP contribution in [0.15, 0.2) is 30.3 Å². The van der Waals surface area contributed by atoms with E-state index in [1.54, 1.807) is 19.0 Å². The van der Waals surface area contributed by atoms with E-state index in [1.807, 2.05) is 30.3 Å². The van der Waals surface area contributed by atoms with Gasteiger partial charge in [0, 0.05) is 26.9 Å². The first-order valence-electron chi connectivity index (χ1n) is 10.3. The van der Waals surface area contributed by atoms with Gasteiger partial charge in [-0.25, -0.2) is 0 Å². The molecule has 1 saturated heterocycles. The summed E-state index contributed by atoms with van der Waals surface area (Å²) in [6.07, 6.45) is 3.54. The van der Waals surface area contributed by atoms with Gasteiger partial charge >= 0.3 is 0 Å². The van der Waals surface area contributed by atoms with Crippen molar-refractivity contribution < 1.29 is 14.3 Å². The molecule has 6 atom stereocenters. The Morgan fingerprint density at radius 1 is 1.26 bits per heavy atom. The highest BCUT2D eigenvalue weighted by Crippen LogP contribution is 2.71. The number of carbonyl (C=O) groups excluding carboxylic acids is 1. The predicted molar refractivity (Wildman–Crippen MR) is 105 cm³/mol. The van der Waals surface area contributed by atoms with Gasteiger partial charge in [0.05, 0.1) is 6.10 Å². The minimum Gasteiger partial charge on any atom is -0.349 e. The van der Waals surface area contributed by atoms with Gasteiger partial charge in [-0.05, 0) is 41.1 Å². The molecule has 2 saturated carbocycles. The monoisotopic (exact) mass is 371 g/mol. The van der Waals surface area contributed by atoms with Crippen LogP contribution in [0.2, 0.25) is 0 Å². The molecule has 1 aromatic carbocycles. The van der Waals surface area contributed by atoms with Crippen LogP contribution in [0.1, 0.15) is 45.6 Å². The third-order valence-electron chi connectivity index (χ3n) is 7.97. The van der Waals surface area contributed by atoms with Gasteiger partial charge in [-0.15, -0.1) is 0 Å². The minimum atomic E-state index is -0.496. The first-order chi connectivity index (χ1) is 12.7. The van der Waals surface area contributed by atoms with Crippen molar-refractivity contribution in [1.82, 2.24) is 4.90 Å². The Morgan fingerprint density at radius 2 is 1.96 bits per heavy atom. The zero-order valence-corrected chi connectivity index (χ0v) is 17.3. The Morgan fingerprint density at radius 3 is 2.59 bits per heavy atom. The molecule has 148 valence electrons. The van der Waals surface area contributed by atoms with E-state index >= 15 is 0 Å². The molecule has 1 aliphatic heterocycles. The SMILES string of the molecule is CN(C)C(=O)[C@H](Cc1ccccc1)O[C@H]1C[C@@H]2[C@H]3CC[C@@](C)([C@@H]2O1)C3(C)C. The number of hydrogen-bond donors (Lipinski definition) is 0. The van der Waals surface area contributed by atoms with Crippen molar-refractivity contribution in [2.75, 3.05) is 14.1 Å². The van der Waals surface area contributed by atoms with E-state index in [0.717, 1.165) is 12.0 Å². The van der Waals surface area contributed by atoms with Gasteiger partial charge in [0.15, 0.2) is 6.29 Å². The van der Waals surface area contributed by atoms with Crippen molar-refractivity contribution in [3.63, 3.8) is 0 Å². The normalized spacial score (nSPS) is 37.2. The zero-order chi connectivity index (χ0) is 19.4. The standard InChI is InChI=1S/C23H33NO3/c1-22(2)17-11-12-23(22,3)20-16(17)14-19(27-20)26-18(21(25)24(4)5)13-15-9-7-6-8-10-15/h6-10,16-20H,11-14H2,1-5H3/t16-,17-,18+,19-,20-,23+/m1/s1. The lowest BCUT2D eigenvalue weighted by atomic mass is 9.70. The smallest absolute Gasteiger partial charge is 0.251 e. The van der Waals surface area contributed by atoms with E-state index in [9.17, 15) is 4.79 Å². The fourth-order valence-electron chi connectivity index (χ4n) is 6.06. The number of likely N-dealkylation sites (N-methyl/N-ethyl adjacent to an activating group) is 1. The summed E-state index contributed by atoms with van der Waals surface area (Å²) in [5, 5.41) is 0. The summed E-state index contributed by atoms with van der Waals surface area (Å²) in [4.78, 5) is 14.4. The fourth-order valence-corrected chi connectivity index (χ4v) is 6.06.